The molecule has 2 saturated heterocycles. The number of rotatable bonds is 0. The Hall–Kier alpha value is -0.150. The summed E-state index contributed by atoms with van der Waals surface area (Å²) in [5.74, 6) is 0. The third kappa shape index (κ3) is 1.40. The Kier molecular flexibility index (Phi) is 1.85. The van der Waals surface area contributed by atoms with Crippen molar-refractivity contribution in [3.8, 4) is 0 Å². The molecule has 2 fully saturated rings. The Bertz CT molecular complexity index is 140. The molecule has 0 aliphatic carbocycles. The molecule has 1 unspecified atom stereocenters. The van der Waals surface area contributed by atoms with Crippen LogP contribution in [0.5, 0.6) is 0 Å². The lowest BCUT2D eigenvalue weighted by atomic mass is 9.89. The molecule has 0 aromatic rings. The smallest absolute Gasteiger partial charge is 0.126 e. The fourth-order valence-electron chi connectivity index (χ4n) is 2.02. The van der Waals surface area contributed by atoms with Crippen LogP contribution in [0.4, 0.5) is 4.39 Å². The van der Waals surface area contributed by atoms with Gasteiger partial charge >= 0.3 is 0 Å². The lowest BCUT2D eigenvalue weighted by Gasteiger charge is -2.32. The Morgan fingerprint density at radius 1 is 1.36 bits per heavy atom. The first-order valence-corrected chi connectivity index (χ1v) is 4.30. The molecule has 11 heavy (non-hydrogen) atoms. The molecule has 2 heterocycles. The van der Waals surface area contributed by atoms with Crippen molar-refractivity contribution in [1.82, 2.24) is 5.32 Å². The van der Waals surface area contributed by atoms with Crippen molar-refractivity contribution in [2.45, 2.75) is 31.0 Å². The predicted octanol–water partition coefficient (Wildman–Crippen LogP) is 0.867. The second kappa shape index (κ2) is 2.72. The quantitative estimate of drug-likeness (QED) is 0.566. The summed E-state index contributed by atoms with van der Waals surface area (Å²) in [7, 11) is 0. The van der Waals surface area contributed by atoms with Crippen molar-refractivity contribution in [3.63, 3.8) is 0 Å². The lowest BCUT2D eigenvalue weighted by molar-refractivity contribution is -0.0199. The number of hydrogen-bond donors (Lipinski definition) is 1. The molecular formula is C8H14FNO. The third-order valence-corrected chi connectivity index (χ3v) is 2.68. The summed E-state index contributed by atoms with van der Waals surface area (Å²) in [5, 5.41) is 3.25. The number of hydrogen-bond acceptors (Lipinski definition) is 2. The van der Waals surface area contributed by atoms with Crippen molar-refractivity contribution in [3.05, 3.63) is 0 Å². The summed E-state index contributed by atoms with van der Waals surface area (Å²) >= 11 is 0. The van der Waals surface area contributed by atoms with E-state index in [0.717, 1.165) is 25.9 Å². The van der Waals surface area contributed by atoms with E-state index in [1.165, 1.54) is 0 Å². The Balaban J connectivity index is 1.98. The topological polar surface area (TPSA) is 21.3 Å². The molecule has 0 radical (unpaired) electrons. The first-order valence-electron chi connectivity index (χ1n) is 4.30. The summed E-state index contributed by atoms with van der Waals surface area (Å²) in [6.45, 7) is 2.28. The van der Waals surface area contributed by atoms with E-state index in [1.807, 2.05) is 0 Å². The number of ether oxygens (including phenoxy) is 1. The second-order valence-electron chi connectivity index (χ2n) is 3.55. The first-order chi connectivity index (χ1) is 5.31. The van der Waals surface area contributed by atoms with Crippen molar-refractivity contribution < 1.29 is 9.13 Å². The molecule has 0 aromatic heterocycles. The van der Waals surface area contributed by atoms with Gasteiger partial charge in [-0.1, -0.05) is 0 Å². The Morgan fingerprint density at radius 3 is 2.64 bits per heavy atom. The van der Waals surface area contributed by atoms with Crippen molar-refractivity contribution in [2.75, 3.05) is 19.7 Å². The predicted molar refractivity (Wildman–Crippen MR) is 40.3 cm³/mol. The Morgan fingerprint density at radius 2 is 2.09 bits per heavy atom. The maximum atomic E-state index is 12.8. The minimum atomic E-state index is -0.715. The number of nitrogens with one attached hydrogen (secondary N) is 1. The van der Waals surface area contributed by atoms with Gasteiger partial charge in [0.1, 0.15) is 6.17 Å². The van der Waals surface area contributed by atoms with Crippen molar-refractivity contribution in [2.24, 2.45) is 0 Å². The van der Waals surface area contributed by atoms with Crippen LogP contribution in [-0.2, 0) is 4.74 Å². The molecule has 1 atom stereocenters. The van der Waals surface area contributed by atoms with Crippen LogP contribution in [0, 0.1) is 0 Å². The van der Waals surface area contributed by atoms with E-state index in [2.05, 4.69) is 5.32 Å². The molecule has 2 aliphatic rings. The average Bonchev–Trinajstić information content (AvgIpc) is 2.34. The zero-order valence-corrected chi connectivity index (χ0v) is 6.61. The molecule has 2 rings (SSSR count). The van der Waals surface area contributed by atoms with Gasteiger partial charge in [0.05, 0.1) is 12.2 Å². The van der Waals surface area contributed by atoms with Crippen LogP contribution in [0.1, 0.15) is 19.3 Å². The summed E-state index contributed by atoms with van der Waals surface area (Å²) in [6.07, 6.45) is 1.86. The molecule has 2 aliphatic heterocycles. The average molecular weight is 159 g/mol. The normalized spacial score (nSPS) is 36.3. The molecule has 2 nitrogen and oxygen atoms in total. The monoisotopic (exact) mass is 159 g/mol. The van der Waals surface area contributed by atoms with Gasteiger partial charge in [-0.05, 0) is 25.9 Å². The van der Waals surface area contributed by atoms with Crippen LogP contribution in [0.15, 0.2) is 0 Å². The van der Waals surface area contributed by atoms with E-state index in [-0.39, 0.29) is 5.60 Å². The highest BCUT2D eigenvalue weighted by molar-refractivity contribution is 4.92. The van der Waals surface area contributed by atoms with Gasteiger partial charge in [-0.15, -0.1) is 0 Å². The van der Waals surface area contributed by atoms with Gasteiger partial charge in [0.2, 0.25) is 0 Å². The van der Waals surface area contributed by atoms with E-state index < -0.39 is 6.17 Å². The Labute approximate surface area is 66.1 Å². The van der Waals surface area contributed by atoms with Gasteiger partial charge in [-0.25, -0.2) is 4.39 Å². The molecule has 1 spiro atoms. The first kappa shape index (κ1) is 7.50. The van der Waals surface area contributed by atoms with E-state index >= 15 is 0 Å². The summed E-state index contributed by atoms with van der Waals surface area (Å²) < 4.78 is 18.3. The second-order valence-corrected chi connectivity index (χ2v) is 3.55. The highest BCUT2D eigenvalue weighted by atomic mass is 19.1. The number of halogens is 1. The fraction of sp³-hybridized carbons (Fsp3) is 1.00. The van der Waals surface area contributed by atoms with Gasteiger partial charge in [0, 0.05) is 6.42 Å². The van der Waals surface area contributed by atoms with Gasteiger partial charge in [-0.2, -0.15) is 0 Å². The number of piperidine rings is 1. The largest absolute Gasteiger partial charge is 0.372 e. The molecule has 0 amide bonds. The van der Waals surface area contributed by atoms with Crippen LogP contribution in [0.2, 0.25) is 0 Å². The van der Waals surface area contributed by atoms with Gasteiger partial charge in [0.25, 0.3) is 0 Å². The van der Waals surface area contributed by atoms with Gasteiger partial charge in [-0.3, -0.25) is 0 Å². The highest BCUT2D eigenvalue weighted by Crippen LogP contribution is 2.34. The minimum Gasteiger partial charge on any atom is -0.372 e. The van der Waals surface area contributed by atoms with Crippen molar-refractivity contribution in [1.29, 1.82) is 0 Å². The number of alkyl halides is 1. The van der Waals surface area contributed by atoms with E-state index in [4.69, 9.17) is 4.74 Å². The zero-order valence-electron chi connectivity index (χ0n) is 6.61. The maximum Gasteiger partial charge on any atom is 0.126 e. The highest BCUT2D eigenvalue weighted by Gasteiger charge is 2.41. The van der Waals surface area contributed by atoms with Crippen LogP contribution in [0.3, 0.4) is 0 Å². The van der Waals surface area contributed by atoms with Crippen molar-refractivity contribution >= 4 is 0 Å². The van der Waals surface area contributed by atoms with Gasteiger partial charge < -0.3 is 10.1 Å². The molecule has 0 bridgehead atoms. The van der Waals surface area contributed by atoms with E-state index in [0.29, 0.717) is 13.0 Å². The van der Waals surface area contributed by atoms with Crippen LogP contribution in [0.25, 0.3) is 0 Å². The molecule has 64 valence electrons. The molecular weight excluding hydrogens is 145 g/mol. The van der Waals surface area contributed by atoms with Crippen LogP contribution in [-0.4, -0.2) is 31.5 Å². The lowest BCUT2D eigenvalue weighted by Crippen LogP contribution is -2.41. The van der Waals surface area contributed by atoms with Crippen LogP contribution >= 0.6 is 0 Å². The molecule has 1 N–H and O–H groups in total. The SMILES string of the molecule is FC1COC2(CCNCC2)C1. The maximum absolute atomic E-state index is 12.8. The summed E-state index contributed by atoms with van der Waals surface area (Å²) in [5.41, 5.74) is -0.0926. The minimum absolute atomic E-state index is 0.0926. The molecule has 3 heteroatoms. The van der Waals surface area contributed by atoms with E-state index in [1.54, 1.807) is 0 Å². The fourth-order valence-corrected chi connectivity index (χ4v) is 2.02. The molecule has 0 saturated carbocycles. The zero-order chi connectivity index (χ0) is 7.73. The third-order valence-electron chi connectivity index (χ3n) is 2.68. The summed E-state index contributed by atoms with van der Waals surface area (Å²) in [6, 6.07) is 0. The molecule has 0 aromatic carbocycles. The van der Waals surface area contributed by atoms with Gasteiger partial charge in [0.15, 0.2) is 0 Å². The summed E-state index contributed by atoms with van der Waals surface area (Å²) in [4.78, 5) is 0. The standard InChI is InChI=1S/C8H14FNO/c9-7-5-8(11-6-7)1-3-10-4-2-8/h7,10H,1-6H2. The van der Waals surface area contributed by atoms with E-state index in [9.17, 15) is 4.39 Å². The van der Waals surface area contributed by atoms with Crippen LogP contribution < -0.4 is 5.32 Å².